The number of aromatic carboxylic acids is 1. The van der Waals surface area contributed by atoms with Gasteiger partial charge in [-0.15, -0.1) is 0 Å². The van der Waals surface area contributed by atoms with Crippen molar-refractivity contribution in [1.82, 2.24) is 4.98 Å². The topological polar surface area (TPSA) is 82.5 Å². The van der Waals surface area contributed by atoms with Crippen molar-refractivity contribution in [3.8, 4) is 5.75 Å². The van der Waals surface area contributed by atoms with Crippen LogP contribution in [0.1, 0.15) is 15.9 Å². The summed E-state index contributed by atoms with van der Waals surface area (Å²) in [5.41, 5.74) is 2.40. The SMILES string of the molecule is Cc1cc(Nc2ccc(C(=O)O)c(O)c2)nc2ccccc12. The Kier molecular flexibility index (Phi) is 3.39. The second-order valence-corrected chi connectivity index (χ2v) is 5.00. The maximum absolute atomic E-state index is 10.9. The number of carboxylic acid groups (broad SMARTS) is 1. The van der Waals surface area contributed by atoms with E-state index in [0.29, 0.717) is 11.5 Å². The molecule has 3 rings (SSSR count). The van der Waals surface area contributed by atoms with E-state index in [2.05, 4.69) is 10.3 Å². The Morgan fingerprint density at radius 3 is 2.64 bits per heavy atom. The highest BCUT2D eigenvalue weighted by Gasteiger charge is 2.10. The molecule has 0 spiro atoms. The molecule has 0 radical (unpaired) electrons. The molecule has 0 amide bonds. The summed E-state index contributed by atoms with van der Waals surface area (Å²) in [7, 11) is 0. The van der Waals surface area contributed by atoms with Gasteiger partial charge in [0.25, 0.3) is 0 Å². The molecule has 1 heterocycles. The Morgan fingerprint density at radius 1 is 1.14 bits per heavy atom. The second kappa shape index (κ2) is 5.37. The molecule has 0 saturated heterocycles. The molecule has 0 aliphatic heterocycles. The van der Waals surface area contributed by atoms with E-state index in [4.69, 9.17) is 5.11 Å². The van der Waals surface area contributed by atoms with E-state index in [1.165, 1.54) is 12.1 Å². The predicted octanol–water partition coefficient (Wildman–Crippen LogP) is 3.69. The van der Waals surface area contributed by atoms with Crippen LogP contribution in [0.15, 0.2) is 48.5 Å². The smallest absolute Gasteiger partial charge is 0.339 e. The molecule has 0 saturated carbocycles. The van der Waals surface area contributed by atoms with Gasteiger partial charge in [0.1, 0.15) is 17.1 Å². The van der Waals surface area contributed by atoms with Gasteiger partial charge in [0.2, 0.25) is 0 Å². The molecule has 1 aromatic heterocycles. The number of para-hydroxylation sites is 1. The summed E-state index contributed by atoms with van der Waals surface area (Å²) in [6, 6.07) is 14.1. The number of carbonyl (C=O) groups is 1. The molecular weight excluding hydrogens is 280 g/mol. The third-order valence-electron chi connectivity index (χ3n) is 3.42. The number of fused-ring (bicyclic) bond motifs is 1. The molecule has 0 unspecified atom stereocenters. The number of pyridine rings is 1. The number of aromatic nitrogens is 1. The highest BCUT2D eigenvalue weighted by molar-refractivity contribution is 5.91. The number of nitrogens with zero attached hydrogens (tertiary/aromatic N) is 1. The van der Waals surface area contributed by atoms with Crippen molar-refractivity contribution in [3.05, 3.63) is 59.7 Å². The average Bonchev–Trinajstić information content (AvgIpc) is 2.47. The van der Waals surface area contributed by atoms with Gasteiger partial charge in [-0.3, -0.25) is 0 Å². The molecule has 22 heavy (non-hydrogen) atoms. The van der Waals surface area contributed by atoms with Crippen molar-refractivity contribution in [2.45, 2.75) is 6.92 Å². The maximum atomic E-state index is 10.9. The van der Waals surface area contributed by atoms with E-state index < -0.39 is 5.97 Å². The summed E-state index contributed by atoms with van der Waals surface area (Å²) in [5, 5.41) is 22.8. The zero-order valence-electron chi connectivity index (χ0n) is 11.9. The Morgan fingerprint density at radius 2 is 1.91 bits per heavy atom. The predicted molar refractivity (Wildman–Crippen MR) is 84.8 cm³/mol. The van der Waals surface area contributed by atoms with Gasteiger partial charge in [-0.25, -0.2) is 9.78 Å². The zero-order valence-corrected chi connectivity index (χ0v) is 11.9. The van der Waals surface area contributed by atoms with Crippen LogP contribution >= 0.6 is 0 Å². The lowest BCUT2D eigenvalue weighted by atomic mass is 10.1. The van der Waals surface area contributed by atoms with Gasteiger partial charge < -0.3 is 15.5 Å². The summed E-state index contributed by atoms with van der Waals surface area (Å²) >= 11 is 0. The van der Waals surface area contributed by atoms with Crippen LogP contribution in [0.5, 0.6) is 5.75 Å². The molecule has 3 aromatic rings. The molecule has 0 atom stereocenters. The summed E-state index contributed by atoms with van der Waals surface area (Å²) in [5.74, 6) is -0.808. The van der Waals surface area contributed by atoms with Crippen molar-refractivity contribution >= 4 is 28.4 Å². The number of aromatic hydroxyl groups is 1. The van der Waals surface area contributed by atoms with Crippen LogP contribution in [0.25, 0.3) is 10.9 Å². The van der Waals surface area contributed by atoms with Crippen LogP contribution in [-0.4, -0.2) is 21.2 Å². The molecule has 0 aliphatic carbocycles. The van der Waals surface area contributed by atoms with E-state index in [-0.39, 0.29) is 11.3 Å². The molecule has 110 valence electrons. The number of nitrogens with one attached hydrogen (secondary N) is 1. The fourth-order valence-corrected chi connectivity index (χ4v) is 2.35. The normalized spacial score (nSPS) is 10.6. The fraction of sp³-hybridized carbons (Fsp3) is 0.0588. The summed E-state index contributed by atoms with van der Waals surface area (Å²) in [6.45, 7) is 2.00. The van der Waals surface area contributed by atoms with Gasteiger partial charge in [-0.05, 0) is 36.8 Å². The minimum absolute atomic E-state index is 0.131. The first-order chi connectivity index (χ1) is 10.5. The number of rotatable bonds is 3. The average molecular weight is 294 g/mol. The lowest BCUT2D eigenvalue weighted by Gasteiger charge is -2.10. The molecule has 0 fully saturated rings. The summed E-state index contributed by atoms with van der Waals surface area (Å²) < 4.78 is 0. The van der Waals surface area contributed by atoms with Crippen LogP contribution in [0.2, 0.25) is 0 Å². The van der Waals surface area contributed by atoms with Gasteiger partial charge in [0.05, 0.1) is 5.52 Å². The minimum atomic E-state index is -1.16. The van der Waals surface area contributed by atoms with Crippen molar-refractivity contribution < 1.29 is 15.0 Å². The molecule has 0 aliphatic rings. The Labute approximate surface area is 126 Å². The highest BCUT2D eigenvalue weighted by atomic mass is 16.4. The van der Waals surface area contributed by atoms with Crippen molar-refractivity contribution in [2.24, 2.45) is 0 Å². The standard InChI is InChI=1S/C17H14N2O3/c1-10-8-16(19-14-5-3-2-4-12(10)14)18-11-6-7-13(17(21)22)15(20)9-11/h2-9,20H,1H3,(H,18,19)(H,21,22). The highest BCUT2D eigenvalue weighted by Crippen LogP contribution is 2.26. The number of anilines is 2. The van der Waals surface area contributed by atoms with Crippen molar-refractivity contribution in [1.29, 1.82) is 0 Å². The molecule has 5 heteroatoms. The molecule has 2 aromatic carbocycles. The van der Waals surface area contributed by atoms with Gasteiger partial charge in [-0.2, -0.15) is 0 Å². The van der Waals surface area contributed by atoms with E-state index >= 15 is 0 Å². The molecule has 0 bridgehead atoms. The maximum Gasteiger partial charge on any atom is 0.339 e. The lowest BCUT2D eigenvalue weighted by Crippen LogP contribution is -1.99. The van der Waals surface area contributed by atoms with E-state index in [9.17, 15) is 9.90 Å². The van der Waals surface area contributed by atoms with E-state index in [0.717, 1.165) is 16.5 Å². The van der Waals surface area contributed by atoms with Gasteiger partial charge >= 0.3 is 5.97 Å². The second-order valence-electron chi connectivity index (χ2n) is 5.00. The fourth-order valence-electron chi connectivity index (χ4n) is 2.35. The van der Waals surface area contributed by atoms with Crippen LogP contribution in [0.3, 0.4) is 0 Å². The summed E-state index contributed by atoms with van der Waals surface area (Å²) in [6.07, 6.45) is 0. The molecular formula is C17H14N2O3. The van der Waals surface area contributed by atoms with Crippen LogP contribution in [-0.2, 0) is 0 Å². The largest absolute Gasteiger partial charge is 0.507 e. The van der Waals surface area contributed by atoms with Crippen LogP contribution in [0, 0.1) is 6.92 Å². The van der Waals surface area contributed by atoms with Crippen LogP contribution < -0.4 is 5.32 Å². The first-order valence-electron chi connectivity index (χ1n) is 6.74. The van der Waals surface area contributed by atoms with Crippen molar-refractivity contribution in [2.75, 3.05) is 5.32 Å². The van der Waals surface area contributed by atoms with E-state index in [1.54, 1.807) is 6.07 Å². The lowest BCUT2D eigenvalue weighted by molar-refractivity contribution is 0.0694. The first kappa shape index (κ1) is 13.9. The number of phenols is 1. The third kappa shape index (κ3) is 2.56. The Balaban J connectivity index is 1.96. The Bertz CT molecular complexity index is 875. The minimum Gasteiger partial charge on any atom is -0.507 e. The van der Waals surface area contributed by atoms with Gasteiger partial charge in [0, 0.05) is 17.1 Å². The first-order valence-corrected chi connectivity index (χ1v) is 6.74. The Hall–Kier alpha value is -3.08. The number of hydrogen-bond donors (Lipinski definition) is 3. The molecule has 5 nitrogen and oxygen atoms in total. The third-order valence-corrected chi connectivity index (χ3v) is 3.42. The monoisotopic (exact) mass is 294 g/mol. The number of benzene rings is 2. The molecule has 3 N–H and O–H groups in total. The number of hydrogen-bond acceptors (Lipinski definition) is 4. The summed E-state index contributed by atoms with van der Waals surface area (Å²) in [4.78, 5) is 15.4. The van der Waals surface area contributed by atoms with Gasteiger partial charge in [-0.1, -0.05) is 18.2 Å². The number of carboxylic acids is 1. The van der Waals surface area contributed by atoms with E-state index in [1.807, 2.05) is 37.3 Å². The van der Waals surface area contributed by atoms with Gasteiger partial charge in [0.15, 0.2) is 0 Å². The zero-order chi connectivity index (χ0) is 15.7. The van der Waals surface area contributed by atoms with Crippen LogP contribution in [0.4, 0.5) is 11.5 Å². The quantitative estimate of drug-likeness (QED) is 0.686. The van der Waals surface area contributed by atoms with Crippen molar-refractivity contribution in [3.63, 3.8) is 0 Å². The number of aryl methyl sites for hydroxylation is 1.